The van der Waals surface area contributed by atoms with Crippen molar-refractivity contribution in [1.82, 2.24) is 10.3 Å². The highest BCUT2D eigenvalue weighted by atomic mass is 16.5. The van der Waals surface area contributed by atoms with Crippen LogP contribution in [0, 0.1) is 0 Å². The molecule has 1 unspecified atom stereocenters. The number of benzene rings is 1. The lowest BCUT2D eigenvalue weighted by Crippen LogP contribution is -2.22. The van der Waals surface area contributed by atoms with Gasteiger partial charge in [0.05, 0.1) is 7.11 Å². The van der Waals surface area contributed by atoms with Crippen molar-refractivity contribution in [2.75, 3.05) is 13.6 Å². The summed E-state index contributed by atoms with van der Waals surface area (Å²) in [6, 6.07) is 5.76. The number of aryl methyl sites for hydroxylation is 1. The molecule has 0 aliphatic rings. The van der Waals surface area contributed by atoms with Crippen LogP contribution in [0.5, 0.6) is 5.75 Å². The number of aromatic nitrogens is 1. The van der Waals surface area contributed by atoms with E-state index in [4.69, 9.17) is 6.11 Å². The predicted molar refractivity (Wildman–Crippen MR) is 67.2 cm³/mol. The molecule has 1 atom stereocenters. The molecule has 90 valence electrons. The third-order valence-corrected chi connectivity index (χ3v) is 2.60. The zero-order valence-electron chi connectivity index (χ0n) is 10.9. The van der Waals surface area contributed by atoms with Crippen LogP contribution in [0.2, 0.25) is 0 Å². The van der Waals surface area contributed by atoms with Crippen LogP contribution in [0.3, 0.4) is 0 Å². The molecule has 1 aromatic heterocycles. The quantitative estimate of drug-likeness (QED) is 0.848. The van der Waals surface area contributed by atoms with E-state index >= 15 is 0 Å². The Bertz CT molecular complexity index is 565. The van der Waals surface area contributed by atoms with E-state index in [1.165, 1.54) is 6.92 Å². The summed E-state index contributed by atoms with van der Waals surface area (Å²) < 4.78 is 13.0. The summed E-state index contributed by atoms with van der Waals surface area (Å²) in [6.45, 7) is 0.785. The van der Waals surface area contributed by atoms with Crippen molar-refractivity contribution in [3.05, 3.63) is 30.0 Å². The van der Waals surface area contributed by atoms with Crippen molar-refractivity contribution in [3.63, 3.8) is 0 Å². The second kappa shape index (κ2) is 4.91. The molecule has 2 rings (SSSR count). The van der Waals surface area contributed by atoms with E-state index < -0.39 is 6.52 Å². The first kappa shape index (κ1) is 10.2. The number of aromatic amines is 1. The number of carbonyl (C=O) groups is 1. The highest BCUT2D eigenvalue weighted by Gasteiger charge is 2.05. The highest BCUT2D eigenvalue weighted by Crippen LogP contribution is 2.23. The maximum atomic E-state index is 10.9. The predicted octanol–water partition coefficient (Wildman–Crippen LogP) is 1.86. The third kappa shape index (κ3) is 2.58. The molecular weight excluding hydrogens is 216 g/mol. The number of hydrogen-bond donors (Lipinski definition) is 2. The maximum Gasteiger partial charge on any atom is 0.216 e. The molecule has 2 N–H and O–H groups in total. The van der Waals surface area contributed by atoms with Crippen LogP contribution in [0.15, 0.2) is 24.4 Å². The molecule has 0 aliphatic carbocycles. The van der Waals surface area contributed by atoms with Crippen molar-refractivity contribution in [2.45, 2.75) is 13.3 Å². The minimum atomic E-state index is -0.632. The number of amides is 1. The number of rotatable bonds is 4. The number of hydrogen-bond acceptors (Lipinski definition) is 2. The van der Waals surface area contributed by atoms with Gasteiger partial charge in [-0.2, -0.15) is 0 Å². The smallest absolute Gasteiger partial charge is 0.216 e. The molecule has 0 saturated carbocycles. The van der Waals surface area contributed by atoms with Crippen LogP contribution in [-0.2, 0) is 11.2 Å². The Morgan fingerprint density at radius 1 is 1.59 bits per heavy atom. The number of carbonyl (C=O) groups excluding carboxylic acids is 1. The fraction of sp³-hybridized carbons (Fsp3) is 0.308. The first-order chi connectivity index (χ1) is 8.60. The first-order valence-electron chi connectivity index (χ1n) is 6.01. The number of H-pyrrole nitrogens is 1. The second-order valence-electron chi connectivity index (χ2n) is 3.83. The van der Waals surface area contributed by atoms with E-state index in [2.05, 4.69) is 10.3 Å². The molecule has 0 saturated heterocycles. The van der Waals surface area contributed by atoms with Gasteiger partial charge < -0.3 is 15.0 Å². The van der Waals surface area contributed by atoms with Crippen LogP contribution in [-0.4, -0.2) is 24.5 Å². The average Bonchev–Trinajstić information content (AvgIpc) is 2.70. The molecule has 1 aromatic carbocycles. The molecule has 0 radical (unpaired) electrons. The van der Waals surface area contributed by atoms with E-state index in [0.717, 1.165) is 22.2 Å². The van der Waals surface area contributed by atoms with Gasteiger partial charge in [-0.3, -0.25) is 4.79 Å². The monoisotopic (exact) mass is 234 g/mol. The Morgan fingerprint density at radius 2 is 2.41 bits per heavy atom. The van der Waals surface area contributed by atoms with Gasteiger partial charge in [-0.1, -0.05) is 0 Å². The number of nitrogens with one attached hydrogen (secondary N) is 2. The van der Waals surface area contributed by atoms with Crippen molar-refractivity contribution < 1.29 is 10.9 Å². The molecule has 17 heavy (non-hydrogen) atoms. The van der Waals surface area contributed by atoms with E-state index in [0.29, 0.717) is 6.42 Å². The fourth-order valence-electron chi connectivity index (χ4n) is 1.76. The molecule has 0 aliphatic heterocycles. The van der Waals surface area contributed by atoms with Crippen LogP contribution >= 0.6 is 0 Å². The van der Waals surface area contributed by atoms with E-state index in [-0.39, 0.29) is 5.91 Å². The number of methoxy groups -OCH3 is 1. The van der Waals surface area contributed by atoms with Crippen molar-refractivity contribution in [2.24, 2.45) is 0 Å². The molecule has 1 heterocycles. The van der Waals surface area contributed by atoms with Gasteiger partial charge >= 0.3 is 0 Å². The molecular formula is C13H16N2O2. The first-order valence-corrected chi connectivity index (χ1v) is 5.43. The van der Waals surface area contributed by atoms with Gasteiger partial charge in [-0.25, -0.2) is 0 Å². The van der Waals surface area contributed by atoms with E-state index in [1.807, 2.05) is 24.4 Å². The molecule has 0 bridgehead atoms. The SMILES string of the molecule is [3H]C(Cc1c[nH]c2ccc(OC)cc12)NC(C)=O. The summed E-state index contributed by atoms with van der Waals surface area (Å²) in [5.41, 5.74) is 2.00. The van der Waals surface area contributed by atoms with Crippen molar-refractivity contribution >= 4 is 16.8 Å². The Balaban J connectivity index is 2.25. The van der Waals surface area contributed by atoms with Crippen LogP contribution < -0.4 is 10.1 Å². The minimum Gasteiger partial charge on any atom is -0.497 e. The maximum absolute atomic E-state index is 10.9. The summed E-state index contributed by atoms with van der Waals surface area (Å²) in [5, 5.41) is 3.58. The van der Waals surface area contributed by atoms with E-state index in [9.17, 15) is 4.79 Å². The summed E-state index contributed by atoms with van der Waals surface area (Å²) >= 11 is 0. The Hall–Kier alpha value is -1.97. The van der Waals surface area contributed by atoms with Gasteiger partial charge in [0.1, 0.15) is 5.75 Å². The van der Waals surface area contributed by atoms with Gasteiger partial charge in [-0.05, 0) is 30.2 Å². The minimum absolute atomic E-state index is 0.188. The Kier molecular flexibility index (Phi) is 2.95. The largest absolute Gasteiger partial charge is 0.497 e. The lowest BCUT2D eigenvalue weighted by molar-refractivity contribution is -0.118. The topological polar surface area (TPSA) is 54.1 Å². The highest BCUT2D eigenvalue weighted by molar-refractivity contribution is 5.84. The fourth-order valence-corrected chi connectivity index (χ4v) is 1.76. The van der Waals surface area contributed by atoms with Crippen molar-refractivity contribution in [3.8, 4) is 5.75 Å². The van der Waals surface area contributed by atoms with Gasteiger partial charge in [-0.15, -0.1) is 0 Å². The second-order valence-corrected chi connectivity index (χ2v) is 3.83. The Labute approximate surface area is 101 Å². The van der Waals surface area contributed by atoms with E-state index in [1.54, 1.807) is 7.11 Å². The van der Waals surface area contributed by atoms with Crippen LogP contribution in [0.1, 0.15) is 13.9 Å². The van der Waals surface area contributed by atoms with Crippen LogP contribution in [0.4, 0.5) is 0 Å². The molecule has 1 amide bonds. The lowest BCUT2D eigenvalue weighted by Gasteiger charge is -2.03. The molecule has 0 fully saturated rings. The summed E-state index contributed by atoms with van der Waals surface area (Å²) in [4.78, 5) is 14.0. The molecule has 2 aromatic rings. The zero-order chi connectivity index (χ0) is 13.1. The summed E-state index contributed by atoms with van der Waals surface area (Å²) in [6.07, 6.45) is 2.33. The number of ether oxygens (including phenoxy) is 1. The van der Waals surface area contributed by atoms with Gasteiger partial charge in [0, 0.05) is 31.9 Å². The van der Waals surface area contributed by atoms with Crippen LogP contribution in [0.25, 0.3) is 10.9 Å². The van der Waals surface area contributed by atoms with Crippen molar-refractivity contribution in [1.29, 1.82) is 0 Å². The summed E-state index contributed by atoms with van der Waals surface area (Å²) in [7, 11) is 1.62. The molecule has 4 nitrogen and oxygen atoms in total. The zero-order valence-corrected chi connectivity index (χ0v) is 9.91. The average molecular weight is 234 g/mol. The Morgan fingerprint density at radius 3 is 3.12 bits per heavy atom. The molecule has 0 spiro atoms. The molecule has 4 heteroatoms. The van der Waals surface area contributed by atoms with Gasteiger partial charge in [0.25, 0.3) is 0 Å². The lowest BCUT2D eigenvalue weighted by atomic mass is 10.1. The van der Waals surface area contributed by atoms with Gasteiger partial charge in [0.15, 0.2) is 0 Å². The standard InChI is InChI=1S/C13H16N2O2/c1-9(16)14-6-5-10-8-15-13-4-3-11(17-2)7-12(10)13/h3-4,7-8,15H,5-6H2,1-2H3,(H,14,16)/i6T. The number of fused-ring (bicyclic) bond motifs is 1. The summed E-state index contributed by atoms with van der Waals surface area (Å²) in [5.74, 6) is 0.594. The van der Waals surface area contributed by atoms with Gasteiger partial charge in [0.2, 0.25) is 5.91 Å². The third-order valence-electron chi connectivity index (χ3n) is 2.60. The normalized spacial score (nSPS) is 13.2.